The highest BCUT2D eigenvalue weighted by Crippen LogP contribution is 2.22. The summed E-state index contributed by atoms with van der Waals surface area (Å²) in [6.45, 7) is 3.79. The molecule has 3 aromatic rings. The summed E-state index contributed by atoms with van der Waals surface area (Å²) in [5, 5.41) is 3.18. The van der Waals surface area contributed by atoms with Crippen LogP contribution in [-0.2, 0) is 10.0 Å². The minimum absolute atomic E-state index is 0.105. The van der Waals surface area contributed by atoms with E-state index in [-0.39, 0.29) is 10.8 Å². The fourth-order valence-electron chi connectivity index (χ4n) is 2.68. The van der Waals surface area contributed by atoms with E-state index in [2.05, 4.69) is 10.0 Å². The highest BCUT2D eigenvalue weighted by Gasteiger charge is 2.15. The third-order valence-corrected chi connectivity index (χ3v) is 5.75. The topological polar surface area (TPSA) is 75.3 Å². The number of benzene rings is 3. The lowest BCUT2D eigenvalue weighted by Gasteiger charge is -2.12. The molecule has 7 heteroatoms. The fraction of sp³-hybridized carbons (Fsp3) is 0.0952. The zero-order chi connectivity index (χ0) is 20.3. The molecular weight excluding hydrogens is 396 g/mol. The first-order chi connectivity index (χ1) is 13.2. The standard InChI is InChI=1S/C21H19ClN2O3S/c1-14-6-11-20(15(2)12-14)24-28(26,27)19-9-7-18(8-10-19)23-21(25)16-4-3-5-17(22)13-16/h3-13,24H,1-2H3,(H,23,25). The number of carbonyl (C=O) groups is 1. The molecular formula is C21H19ClN2O3S. The van der Waals surface area contributed by atoms with E-state index >= 15 is 0 Å². The van der Waals surface area contributed by atoms with Crippen LogP contribution in [-0.4, -0.2) is 14.3 Å². The Morgan fingerprint density at radius 1 is 0.929 bits per heavy atom. The normalized spacial score (nSPS) is 11.1. The number of halogens is 1. The second kappa shape index (κ2) is 8.04. The molecule has 1 amide bonds. The van der Waals surface area contributed by atoms with Crippen molar-refractivity contribution >= 4 is 38.9 Å². The average molecular weight is 415 g/mol. The molecule has 5 nitrogen and oxygen atoms in total. The van der Waals surface area contributed by atoms with Crippen LogP contribution in [0, 0.1) is 13.8 Å². The van der Waals surface area contributed by atoms with Crippen LogP contribution in [0.3, 0.4) is 0 Å². The molecule has 3 rings (SSSR count). The van der Waals surface area contributed by atoms with Crippen LogP contribution in [0.4, 0.5) is 11.4 Å². The quantitative estimate of drug-likeness (QED) is 0.616. The largest absolute Gasteiger partial charge is 0.322 e. The van der Waals surface area contributed by atoms with Crippen molar-refractivity contribution < 1.29 is 13.2 Å². The first-order valence-corrected chi connectivity index (χ1v) is 10.4. The van der Waals surface area contributed by atoms with Gasteiger partial charge in [-0.1, -0.05) is 35.4 Å². The summed E-state index contributed by atoms with van der Waals surface area (Å²) >= 11 is 5.90. The number of hydrogen-bond donors (Lipinski definition) is 2. The number of aryl methyl sites for hydroxylation is 2. The Kier molecular flexibility index (Phi) is 5.72. The molecule has 0 radical (unpaired) electrons. The van der Waals surface area contributed by atoms with Crippen molar-refractivity contribution in [3.05, 3.63) is 88.4 Å². The summed E-state index contributed by atoms with van der Waals surface area (Å²) in [4.78, 5) is 12.4. The molecule has 0 spiro atoms. The molecule has 0 aromatic heterocycles. The molecule has 3 aromatic carbocycles. The van der Waals surface area contributed by atoms with Crippen molar-refractivity contribution in [2.45, 2.75) is 18.7 Å². The van der Waals surface area contributed by atoms with Gasteiger partial charge in [0.15, 0.2) is 0 Å². The Morgan fingerprint density at radius 2 is 1.64 bits per heavy atom. The van der Waals surface area contributed by atoms with E-state index in [1.807, 2.05) is 26.0 Å². The van der Waals surface area contributed by atoms with Crippen LogP contribution in [0.1, 0.15) is 21.5 Å². The van der Waals surface area contributed by atoms with Gasteiger partial charge >= 0.3 is 0 Å². The second-order valence-electron chi connectivity index (χ2n) is 6.41. The van der Waals surface area contributed by atoms with E-state index in [0.717, 1.165) is 11.1 Å². The molecule has 0 saturated heterocycles. The van der Waals surface area contributed by atoms with Crippen molar-refractivity contribution in [3.63, 3.8) is 0 Å². The molecule has 0 fully saturated rings. The predicted octanol–water partition coefficient (Wildman–Crippen LogP) is 5.01. The number of carbonyl (C=O) groups excluding carboxylic acids is 1. The number of amides is 1. The van der Waals surface area contributed by atoms with Gasteiger partial charge in [0.2, 0.25) is 0 Å². The van der Waals surface area contributed by atoms with E-state index < -0.39 is 10.0 Å². The van der Waals surface area contributed by atoms with Gasteiger partial charge in [-0.05, 0) is 67.9 Å². The molecule has 0 aliphatic carbocycles. The van der Waals surface area contributed by atoms with Gasteiger partial charge in [0, 0.05) is 16.3 Å². The fourth-order valence-corrected chi connectivity index (χ4v) is 4.00. The van der Waals surface area contributed by atoms with Crippen molar-refractivity contribution in [2.24, 2.45) is 0 Å². The Hall–Kier alpha value is -2.83. The van der Waals surface area contributed by atoms with Crippen molar-refractivity contribution in [2.75, 3.05) is 10.0 Å². The lowest BCUT2D eigenvalue weighted by atomic mass is 10.1. The summed E-state index contributed by atoms with van der Waals surface area (Å²) in [6, 6.07) is 18.0. The van der Waals surface area contributed by atoms with Crippen LogP contribution < -0.4 is 10.0 Å². The van der Waals surface area contributed by atoms with Gasteiger partial charge in [-0.2, -0.15) is 0 Å². The van der Waals surface area contributed by atoms with Crippen LogP contribution in [0.15, 0.2) is 71.6 Å². The zero-order valence-corrected chi connectivity index (χ0v) is 16.9. The molecule has 0 unspecified atom stereocenters. The summed E-state index contributed by atoms with van der Waals surface area (Å²) in [5.74, 6) is -0.327. The van der Waals surface area contributed by atoms with Crippen LogP contribution >= 0.6 is 11.6 Å². The van der Waals surface area contributed by atoms with Crippen LogP contribution in [0.25, 0.3) is 0 Å². The Morgan fingerprint density at radius 3 is 2.29 bits per heavy atom. The molecule has 144 valence electrons. The molecule has 28 heavy (non-hydrogen) atoms. The molecule has 0 aliphatic heterocycles. The highest BCUT2D eigenvalue weighted by molar-refractivity contribution is 7.92. The van der Waals surface area contributed by atoms with E-state index in [9.17, 15) is 13.2 Å². The Balaban J connectivity index is 1.75. The van der Waals surface area contributed by atoms with E-state index in [4.69, 9.17) is 11.6 Å². The van der Waals surface area contributed by atoms with Gasteiger partial charge in [0.05, 0.1) is 10.6 Å². The summed E-state index contributed by atoms with van der Waals surface area (Å²) in [5.41, 5.74) is 3.33. The lowest BCUT2D eigenvalue weighted by Crippen LogP contribution is -2.14. The van der Waals surface area contributed by atoms with Gasteiger partial charge < -0.3 is 5.32 Å². The summed E-state index contributed by atoms with van der Waals surface area (Å²) in [7, 11) is -3.73. The third-order valence-electron chi connectivity index (χ3n) is 4.14. The molecule has 0 heterocycles. The van der Waals surface area contributed by atoms with Crippen molar-refractivity contribution in [1.29, 1.82) is 0 Å². The molecule has 0 atom stereocenters. The van der Waals surface area contributed by atoms with E-state index in [1.54, 1.807) is 42.5 Å². The first-order valence-electron chi connectivity index (χ1n) is 8.52. The zero-order valence-electron chi connectivity index (χ0n) is 15.4. The van der Waals surface area contributed by atoms with Gasteiger partial charge in [-0.3, -0.25) is 9.52 Å². The van der Waals surface area contributed by atoms with E-state index in [0.29, 0.717) is 22.0 Å². The number of rotatable bonds is 5. The number of hydrogen-bond acceptors (Lipinski definition) is 3. The second-order valence-corrected chi connectivity index (χ2v) is 8.53. The van der Waals surface area contributed by atoms with E-state index in [1.165, 1.54) is 12.1 Å². The van der Waals surface area contributed by atoms with Gasteiger partial charge in [-0.25, -0.2) is 8.42 Å². The van der Waals surface area contributed by atoms with Gasteiger partial charge in [0.25, 0.3) is 15.9 Å². The summed E-state index contributed by atoms with van der Waals surface area (Å²) < 4.78 is 27.8. The Labute approximate surface area is 169 Å². The minimum atomic E-state index is -3.73. The highest BCUT2D eigenvalue weighted by atomic mass is 35.5. The Bertz CT molecular complexity index is 1130. The maximum absolute atomic E-state index is 12.6. The number of sulfonamides is 1. The monoisotopic (exact) mass is 414 g/mol. The molecule has 0 aliphatic rings. The molecule has 0 saturated carbocycles. The molecule has 2 N–H and O–H groups in total. The minimum Gasteiger partial charge on any atom is -0.322 e. The maximum Gasteiger partial charge on any atom is 0.261 e. The van der Waals surface area contributed by atoms with Crippen LogP contribution in [0.2, 0.25) is 5.02 Å². The van der Waals surface area contributed by atoms with Gasteiger partial charge in [0.1, 0.15) is 0 Å². The predicted molar refractivity (Wildman–Crippen MR) is 113 cm³/mol. The molecule has 0 bridgehead atoms. The third kappa shape index (κ3) is 4.71. The summed E-state index contributed by atoms with van der Waals surface area (Å²) in [6.07, 6.45) is 0. The van der Waals surface area contributed by atoms with Crippen LogP contribution in [0.5, 0.6) is 0 Å². The smallest absolute Gasteiger partial charge is 0.261 e. The SMILES string of the molecule is Cc1ccc(NS(=O)(=O)c2ccc(NC(=O)c3cccc(Cl)c3)cc2)c(C)c1. The number of anilines is 2. The lowest BCUT2D eigenvalue weighted by molar-refractivity contribution is 0.102. The van der Waals surface area contributed by atoms with Crippen molar-refractivity contribution in [3.8, 4) is 0 Å². The maximum atomic E-state index is 12.6. The first kappa shape index (κ1) is 19.9. The van der Waals surface area contributed by atoms with Crippen molar-refractivity contribution in [1.82, 2.24) is 0 Å². The average Bonchev–Trinajstić information content (AvgIpc) is 2.64. The number of nitrogens with one attached hydrogen (secondary N) is 2. The van der Waals surface area contributed by atoms with Gasteiger partial charge in [-0.15, -0.1) is 0 Å².